The van der Waals surface area contributed by atoms with Crippen molar-refractivity contribution in [1.29, 1.82) is 0 Å². The molecule has 0 unspecified atom stereocenters. The average Bonchev–Trinajstić information content (AvgIpc) is 2.50. The van der Waals surface area contributed by atoms with Crippen molar-refractivity contribution >= 4 is 23.5 Å². The molecule has 0 aliphatic heterocycles. The summed E-state index contributed by atoms with van der Waals surface area (Å²) in [6, 6.07) is 11.7. The molecule has 1 heterocycles. The lowest BCUT2D eigenvalue weighted by molar-refractivity contribution is 0.410. The molecule has 0 atom stereocenters. The zero-order valence-corrected chi connectivity index (χ0v) is 14.5. The second-order valence-electron chi connectivity index (χ2n) is 5.15. The molecule has 0 aliphatic carbocycles. The van der Waals surface area contributed by atoms with Crippen molar-refractivity contribution in [2.75, 3.05) is 26.4 Å². The van der Waals surface area contributed by atoms with Gasteiger partial charge in [0.15, 0.2) is 5.16 Å². The number of aromatic nitrogens is 2. The number of aromatic amines is 1. The van der Waals surface area contributed by atoms with Crippen LogP contribution in [0.3, 0.4) is 0 Å². The van der Waals surface area contributed by atoms with Gasteiger partial charge in [-0.05, 0) is 39.2 Å². The van der Waals surface area contributed by atoms with E-state index >= 15 is 0 Å². The summed E-state index contributed by atoms with van der Waals surface area (Å²) >= 11 is 3.30. The number of hydrogen-bond acceptors (Lipinski definition) is 5. The van der Waals surface area contributed by atoms with Gasteiger partial charge in [-0.25, -0.2) is 4.98 Å². The SMILES string of the molecule is CN(C)CCCSc1nc(CSc2ccccc2)cc(=O)[nH]1. The molecule has 0 bridgehead atoms. The molecule has 0 fully saturated rings. The molecule has 0 saturated heterocycles. The third-order valence-electron chi connectivity index (χ3n) is 2.89. The van der Waals surface area contributed by atoms with Crippen LogP contribution >= 0.6 is 23.5 Å². The van der Waals surface area contributed by atoms with E-state index < -0.39 is 0 Å². The topological polar surface area (TPSA) is 49.0 Å². The van der Waals surface area contributed by atoms with E-state index in [-0.39, 0.29) is 5.56 Å². The van der Waals surface area contributed by atoms with Gasteiger partial charge in [0.05, 0.1) is 5.69 Å². The molecule has 22 heavy (non-hydrogen) atoms. The van der Waals surface area contributed by atoms with Gasteiger partial charge in [0.25, 0.3) is 5.56 Å². The molecule has 1 aromatic carbocycles. The highest BCUT2D eigenvalue weighted by Gasteiger charge is 2.04. The molecule has 0 saturated carbocycles. The van der Waals surface area contributed by atoms with E-state index in [1.165, 1.54) is 4.90 Å². The fourth-order valence-corrected chi connectivity index (χ4v) is 3.48. The Kier molecular flexibility index (Phi) is 7.02. The van der Waals surface area contributed by atoms with Gasteiger partial charge < -0.3 is 9.88 Å². The van der Waals surface area contributed by atoms with Crippen LogP contribution in [0.15, 0.2) is 51.2 Å². The Morgan fingerprint density at radius 3 is 2.68 bits per heavy atom. The van der Waals surface area contributed by atoms with Crippen molar-refractivity contribution < 1.29 is 0 Å². The highest BCUT2D eigenvalue weighted by Crippen LogP contribution is 2.21. The van der Waals surface area contributed by atoms with Crippen LogP contribution in [0.25, 0.3) is 0 Å². The summed E-state index contributed by atoms with van der Waals surface area (Å²) in [6.07, 6.45) is 1.07. The van der Waals surface area contributed by atoms with Crippen LogP contribution in [0.5, 0.6) is 0 Å². The Morgan fingerprint density at radius 2 is 1.95 bits per heavy atom. The van der Waals surface area contributed by atoms with Gasteiger partial charge in [-0.3, -0.25) is 4.79 Å². The first-order valence-electron chi connectivity index (χ1n) is 7.19. The largest absolute Gasteiger partial charge is 0.309 e. The summed E-state index contributed by atoms with van der Waals surface area (Å²) in [7, 11) is 4.12. The highest BCUT2D eigenvalue weighted by molar-refractivity contribution is 7.99. The Bertz CT molecular complexity index is 629. The molecule has 6 heteroatoms. The first-order chi connectivity index (χ1) is 10.6. The van der Waals surface area contributed by atoms with E-state index in [1.807, 2.05) is 18.2 Å². The Morgan fingerprint density at radius 1 is 1.18 bits per heavy atom. The highest BCUT2D eigenvalue weighted by atomic mass is 32.2. The van der Waals surface area contributed by atoms with Gasteiger partial charge in [0.2, 0.25) is 0 Å². The van der Waals surface area contributed by atoms with Crippen LogP contribution in [0, 0.1) is 0 Å². The number of nitrogens with zero attached hydrogens (tertiary/aromatic N) is 2. The Labute approximate surface area is 139 Å². The monoisotopic (exact) mass is 335 g/mol. The minimum atomic E-state index is -0.0752. The molecule has 0 radical (unpaired) electrons. The van der Waals surface area contributed by atoms with E-state index in [2.05, 4.69) is 41.1 Å². The van der Waals surface area contributed by atoms with Crippen LogP contribution in [-0.4, -0.2) is 41.3 Å². The molecule has 4 nitrogen and oxygen atoms in total. The van der Waals surface area contributed by atoms with E-state index in [1.54, 1.807) is 29.6 Å². The fraction of sp³-hybridized carbons (Fsp3) is 0.375. The smallest absolute Gasteiger partial charge is 0.251 e. The third kappa shape index (κ3) is 6.25. The lowest BCUT2D eigenvalue weighted by Gasteiger charge is -2.08. The van der Waals surface area contributed by atoms with E-state index in [4.69, 9.17) is 0 Å². The summed E-state index contributed by atoms with van der Waals surface area (Å²) < 4.78 is 0. The van der Waals surface area contributed by atoms with Crippen LogP contribution in [-0.2, 0) is 5.75 Å². The van der Waals surface area contributed by atoms with E-state index in [0.29, 0.717) is 5.75 Å². The summed E-state index contributed by atoms with van der Waals surface area (Å²) in [5.74, 6) is 1.66. The number of rotatable bonds is 8. The molecule has 2 aromatic rings. The van der Waals surface area contributed by atoms with Crippen LogP contribution in [0.4, 0.5) is 0 Å². The number of hydrogen-bond donors (Lipinski definition) is 1. The standard InChI is InChI=1S/C16H21N3OS2/c1-19(2)9-6-10-21-16-17-13(11-15(20)18-16)12-22-14-7-4-3-5-8-14/h3-5,7-8,11H,6,9-10,12H2,1-2H3,(H,17,18,20). The lowest BCUT2D eigenvalue weighted by Crippen LogP contribution is -2.14. The van der Waals surface area contributed by atoms with Gasteiger partial charge in [-0.15, -0.1) is 11.8 Å². The molecule has 1 N–H and O–H groups in total. The molecule has 0 amide bonds. The minimum Gasteiger partial charge on any atom is -0.309 e. The predicted octanol–water partition coefficient (Wildman–Crippen LogP) is 3.11. The normalized spacial score (nSPS) is 11.0. The molecule has 1 aromatic heterocycles. The number of benzene rings is 1. The van der Waals surface area contributed by atoms with Crippen LogP contribution < -0.4 is 5.56 Å². The first kappa shape index (κ1) is 17.1. The zero-order chi connectivity index (χ0) is 15.8. The molecule has 2 rings (SSSR count). The second kappa shape index (κ2) is 9.02. The van der Waals surface area contributed by atoms with Crippen LogP contribution in [0.1, 0.15) is 12.1 Å². The fourth-order valence-electron chi connectivity index (χ4n) is 1.85. The van der Waals surface area contributed by atoms with Crippen molar-refractivity contribution in [3.8, 4) is 0 Å². The van der Waals surface area contributed by atoms with Crippen LogP contribution in [0.2, 0.25) is 0 Å². The zero-order valence-electron chi connectivity index (χ0n) is 12.9. The quantitative estimate of drug-likeness (QED) is 0.456. The van der Waals surface area contributed by atoms with Gasteiger partial charge in [0.1, 0.15) is 0 Å². The van der Waals surface area contributed by atoms with Gasteiger partial charge in [0, 0.05) is 22.5 Å². The third-order valence-corrected chi connectivity index (χ3v) is 4.90. The molecular formula is C16H21N3OS2. The summed E-state index contributed by atoms with van der Waals surface area (Å²) in [4.78, 5) is 22.4. The maximum Gasteiger partial charge on any atom is 0.251 e. The molecule has 0 aliphatic rings. The van der Waals surface area contributed by atoms with Gasteiger partial charge >= 0.3 is 0 Å². The Balaban J connectivity index is 1.90. The minimum absolute atomic E-state index is 0.0752. The molecular weight excluding hydrogens is 314 g/mol. The average molecular weight is 335 g/mol. The van der Waals surface area contributed by atoms with E-state index in [0.717, 1.165) is 29.6 Å². The van der Waals surface area contributed by atoms with Crippen molar-refractivity contribution in [1.82, 2.24) is 14.9 Å². The second-order valence-corrected chi connectivity index (χ2v) is 7.28. The Hall–Kier alpha value is -1.24. The van der Waals surface area contributed by atoms with E-state index in [9.17, 15) is 4.79 Å². The van der Waals surface area contributed by atoms with Crippen molar-refractivity contribution in [2.24, 2.45) is 0 Å². The first-order valence-corrected chi connectivity index (χ1v) is 9.16. The number of thioether (sulfide) groups is 2. The molecule has 0 spiro atoms. The summed E-state index contributed by atoms with van der Waals surface area (Å²) in [5, 5.41) is 0.718. The van der Waals surface area contributed by atoms with Crippen molar-refractivity contribution in [3.05, 3.63) is 52.4 Å². The maximum absolute atomic E-state index is 11.7. The predicted molar refractivity (Wildman–Crippen MR) is 94.8 cm³/mol. The van der Waals surface area contributed by atoms with Gasteiger partial charge in [-0.2, -0.15) is 0 Å². The molecule has 118 valence electrons. The summed E-state index contributed by atoms with van der Waals surface area (Å²) in [5.41, 5.74) is 0.751. The number of nitrogens with one attached hydrogen (secondary N) is 1. The van der Waals surface area contributed by atoms with Crippen molar-refractivity contribution in [2.45, 2.75) is 22.2 Å². The lowest BCUT2D eigenvalue weighted by atomic mass is 10.4. The van der Waals surface area contributed by atoms with Gasteiger partial charge in [-0.1, -0.05) is 30.0 Å². The summed E-state index contributed by atoms with van der Waals surface area (Å²) in [6.45, 7) is 1.04. The van der Waals surface area contributed by atoms with Crippen molar-refractivity contribution in [3.63, 3.8) is 0 Å². The number of H-pyrrole nitrogens is 1. The maximum atomic E-state index is 11.7.